The topological polar surface area (TPSA) is 126 Å². The van der Waals surface area contributed by atoms with Crippen molar-refractivity contribution >= 4 is 28.9 Å². The van der Waals surface area contributed by atoms with Gasteiger partial charge in [-0.15, -0.1) is 5.92 Å². The van der Waals surface area contributed by atoms with Gasteiger partial charge in [0.1, 0.15) is 22.9 Å². The molecule has 1 amide bonds. The quantitative estimate of drug-likeness (QED) is 0.384. The Hall–Kier alpha value is -3.84. The third-order valence-electron chi connectivity index (χ3n) is 4.47. The maximum atomic E-state index is 12.9. The molecule has 0 saturated heterocycles. The summed E-state index contributed by atoms with van der Waals surface area (Å²) in [7, 11) is 3.29. The number of methoxy groups -OCH3 is 1. The fourth-order valence-electron chi connectivity index (χ4n) is 3.04. The van der Waals surface area contributed by atoms with Crippen molar-refractivity contribution in [3.8, 4) is 17.7 Å². The van der Waals surface area contributed by atoms with Crippen molar-refractivity contribution in [2.24, 2.45) is 0 Å². The Labute approximate surface area is 180 Å². The largest absolute Gasteiger partial charge is 0.480 e. The van der Waals surface area contributed by atoms with Gasteiger partial charge >= 0.3 is 0 Å². The SMILES string of the molecule is CC#CC(CCCO)NC(=O)c1cnn2c(NC)cc(Nc3cccnc3OC)nc12. The third-order valence-corrected chi connectivity index (χ3v) is 4.47. The molecule has 4 N–H and O–H groups in total. The zero-order valence-corrected chi connectivity index (χ0v) is 17.6. The van der Waals surface area contributed by atoms with Crippen LogP contribution in [-0.4, -0.2) is 57.4 Å². The Morgan fingerprint density at radius 3 is 2.97 bits per heavy atom. The number of rotatable bonds is 9. The number of hydrogen-bond acceptors (Lipinski definition) is 8. The van der Waals surface area contributed by atoms with Gasteiger partial charge in [-0.1, -0.05) is 5.92 Å². The van der Waals surface area contributed by atoms with Crippen LogP contribution in [0.5, 0.6) is 5.88 Å². The van der Waals surface area contributed by atoms with Crippen LogP contribution >= 0.6 is 0 Å². The molecule has 0 aliphatic carbocycles. The fraction of sp³-hybridized carbons (Fsp3) is 0.333. The van der Waals surface area contributed by atoms with E-state index >= 15 is 0 Å². The number of anilines is 3. The van der Waals surface area contributed by atoms with Crippen LogP contribution in [0.25, 0.3) is 5.65 Å². The summed E-state index contributed by atoms with van der Waals surface area (Å²) in [4.78, 5) is 21.7. The van der Waals surface area contributed by atoms with Gasteiger partial charge in [-0.3, -0.25) is 4.79 Å². The highest BCUT2D eigenvalue weighted by molar-refractivity contribution is 6.00. The number of aromatic nitrogens is 4. The number of nitrogens with one attached hydrogen (secondary N) is 3. The van der Waals surface area contributed by atoms with Crippen LogP contribution in [0.15, 0.2) is 30.6 Å². The van der Waals surface area contributed by atoms with Crippen LogP contribution in [0.3, 0.4) is 0 Å². The smallest absolute Gasteiger partial charge is 0.257 e. The van der Waals surface area contributed by atoms with Crippen molar-refractivity contribution in [1.82, 2.24) is 24.9 Å². The molecule has 0 fully saturated rings. The summed E-state index contributed by atoms with van der Waals surface area (Å²) in [6.45, 7) is 1.74. The molecule has 10 nitrogen and oxygen atoms in total. The number of aliphatic hydroxyl groups is 1. The zero-order valence-electron chi connectivity index (χ0n) is 17.6. The Kier molecular flexibility index (Phi) is 7.24. The first kappa shape index (κ1) is 21.9. The molecule has 1 unspecified atom stereocenters. The number of amides is 1. The lowest BCUT2D eigenvalue weighted by molar-refractivity contribution is 0.0944. The molecule has 10 heteroatoms. The van der Waals surface area contributed by atoms with E-state index in [0.717, 1.165) is 0 Å². The molecule has 3 heterocycles. The first-order valence-corrected chi connectivity index (χ1v) is 9.77. The molecular formula is C21H25N7O3. The van der Waals surface area contributed by atoms with Gasteiger partial charge in [0.05, 0.1) is 19.3 Å². The minimum Gasteiger partial charge on any atom is -0.480 e. The molecular weight excluding hydrogens is 398 g/mol. The van der Waals surface area contributed by atoms with E-state index in [1.54, 1.807) is 36.8 Å². The normalized spacial score (nSPS) is 11.4. The molecule has 0 bridgehead atoms. The Morgan fingerprint density at radius 2 is 2.26 bits per heavy atom. The second-order valence-corrected chi connectivity index (χ2v) is 6.54. The molecule has 0 aromatic carbocycles. The molecule has 0 saturated carbocycles. The minimum atomic E-state index is -0.371. The van der Waals surface area contributed by atoms with Gasteiger partial charge in [0.15, 0.2) is 5.65 Å². The van der Waals surface area contributed by atoms with E-state index in [4.69, 9.17) is 9.84 Å². The van der Waals surface area contributed by atoms with Gasteiger partial charge in [0.25, 0.3) is 5.91 Å². The first-order chi connectivity index (χ1) is 15.1. The van der Waals surface area contributed by atoms with Crippen LogP contribution in [0, 0.1) is 11.8 Å². The second-order valence-electron chi connectivity index (χ2n) is 6.54. The molecule has 1 atom stereocenters. The molecule has 0 radical (unpaired) electrons. The molecule has 0 aliphatic heterocycles. The lowest BCUT2D eigenvalue weighted by Gasteiger charge is -2.13. The number of aliphatic hydroxyl groups excluding tert-OH is 1. The molecule has 31 heavy (non-hydrogen) atoms. The zero-order chi connectivity index (χ0) is 22.2. The highest BCUT2D eigenvalue weighted by atomic mass is 16.5. The third kappa shape index (κ3) is 5.02. The molecule has 3 aromatic heterocycles. The highest BCUT2D eigenvalue weighted by Crippen LogP contribution is 2.26. The summed E-state index contributed by atoms with van der Waals surface area (Å²) in [5.74, 6) is 6.97. The predicted octanol–water partition coefficient (Wildman–Crippen LogP) is 1.81. The number of pyridine rings is 1. The van der Waals surface area contributed by atoms with Gasteiger partial charge in [-0.05, 0) is 31.9 Å². The summed E-state index contributed by atoms with van der Waals surface area (Å²) in [5.41, 5.74) is 1.32. The number of fused-ring (bicyclic) bond motifs is 1. The number of hydrogen-bond donors (Lipinski definition) is 4. The van der Waals surface area contributed by atoms with Crippen molar-refractivity contribution in [2.75, 3.05) is 31.4 Å². The van der Waals surface area contributed by atoms with Gasteiger partial charge in [0, 0.05) is 25.9 Å². The van der Waals surface area contributed by atoms with E-state index in [1.807, 2.05) is 6.07 Å². The van der Waals surface area contributed by atoms with Crippen molar-refractivity contribution in [3.63, 3.8) is 0 Å². The summed E-state index contributed by atoms with van der Waals surface area (Å²) >= 11 is 0. The summed E-state index contributed by atoms with van der Waals surface area (Å²) in [6.07, 6.45) is 4.18. The van der Waals surface area contributed by atoms with E-state index < -0.39 is 0 Å². The first-order valence-electron chi connectivity index (χ1n) is 9.77. The highest BCUT2D eigenvalue weighted by Gasteiger charge is 2.19. The van der Waals surface area contributed by atoms with E-state index in [-0.39, 0.29) is 18.6 Å². The summed E-state index contributed by atoms with van der Waals surface area (Å²) in [5, 5.41) is 22.5. The van der Waals surface area contributed by atoms with E-state index in [0.29, 0.717) is 47.3 Å². The Balaban J connectivity index is 1.95. The molecule has 3 rings (SSSR count). The number of carbonyl (C=O) groups excluding carboxylic acids is 1. The number of carbonyl (C=O) groups is 1. The van der Waals surface area contributed by atoms with Crippen molar-refractivity contribution in [3.05, 3.63) is 36.2 Å². The van der Waals surface area contributed by atoms with Crippen molar-refractivity contribution < 1.29 is 14.6 Å². The predicted molar refractivity (Wildman–Crippen MR) is 118 cm³/mol. The van der Waals surface area contributed by atoms with E-state index in [1.165, 1.54) is 13.3 Å². The number of ether oxygens (including phenoxy) is 1. The van der Waals surface area contributed by atoms with Crippen LogP contribution < -0.4 is 20.7 Å². The van der Waals surface area contributed by atoms with Crippen LogP contribution in [0.1, 0.15) is 30.1 Å². The van der Waals surface area contributed by atoms with E-state index in [9.17, 15) is 4.79 Å². The fourth-order valence-corrected chi connectivity index (χ4v) is 3.04. The molecule has 3 aromatic rings. The Morgan fingerprint density at radius 1 is 1.42 bits per heavy atom. The second kappa shape index (κ2) is 10.3. The molecule has 0 spiro atoms. The minimum absolute atomic E-state index is 0.0361. The van der Waals surface area contributed by atoms with Gasteiger partial charge in [-0.25, -0.2) is 9.97 Å². The van der Waals surface area contributed by atoms with E-state index in [2.05, 4.69) is 42.9 Å². The maximum absolute atomic E-state index is 12.9. The lowest BCUT2D eigenvalue weighted by Crippen LogP contribution is -2.34. The molecule has 162 valence electrons. The average Bonchev–Trinajstić information content (AvgIpc) is 3.21. The monoisotopic (exact) mass is 423 g/mol. The van der Waals surface area contributed by atoms with Gasteiger partial charge < -0.3 is 25.8 Å². The molecule has 0 aliphatic rings. The Bertz CT molecular complexity index is 1120. The average molecular weight is 423 g/mol. The number of nitrogens with zero attached hydrogens (tertiary/aromatic N) is 4. The maximum Gasteiger partial charge on any atom is 0.257 e. The van der Waals surface area contributed by atoms with Crippen LogP contribution in [-0.2, 0) is 0 Å². The summed E-state index contributed by atoms with van der Waals surface area (Å²) in [6, 6.07) is 4.99. The van der Waals surface area contributed by atoms with Gasteiger partial charge in [0.2, 0.25) is 5.88 Å². The lowest BCUT2D eigenvalue weighted by atomic mass is 10.1. The van der Waals surface area contributed by atoms with Crippen LogP contribution in [0.2, 0.25) is 0 Å². The summed E-state index contributed by atoms with van der Waals surface area (Å²) < 4.78 is 6.83. The van der Waals surface area contributed by atoms with Crippen LogP contribution in [0.4, 0.5) is 17.3 Å². The van der Waals surface area contributed by atoms with Crippen molar-refractivity contribution in [2.45, 2.75) is 25.8 Å². The van der Waals surface area contributed by atoms with Gasteiger partial charge in [-0.2, -0.15) is 9.61 Å². The van der Waals surface area contributed by atoms with Crippen molar-refractivity contribution in [1.29, 1.82) is 0 Å². The standard InChI is InChI=1S/C21H25N7O3/c1-4-7-14(8-6-11-29)25-20(30)15-13-24-28-18(22-2)12-17(27-19(15)28)26-16-9-5-10-23-21(16)31-3/h5,9-10,12-14,22,29H,6,8,11H2,1-3H3,(H,25,30)(H,26,27).